The molecule has 1 saturated heterocycles. The third-order valence-electron chi connectivity index (χ3n) is 5.38. The molecule has 9 heteroatoms. The maximum absolute atomic E-state index is 13.1. The summed E-state index contributed by atoms with van der Waals surface area (Å²) in [5.41, 5.74) is 0. The quantitative estimate of drug-likeness (QED) is 0.327. The van der Waals surface area contributed by atoms with E-state index in [-0.39, 0.29) is 18.9 Å². The van der Waals surface area contributed by atoms with E-state index in [1.807, 2.05) is 0 Å². The molecule has 2 atom stereocenters. The fourth-order valence-electron chi connectivity index (χ4n) is 4.11. The number of imide groups is 1. The number of hydrogen-bond acceptors (Lipinski definition) is 5. The third-order valence-corrected chi connectivity index (χ3v) is 5.38. The first kappa shape index (κ1) is 21.1. The van der Waals surface area contributed by atoms with E-state index in [0.717, 1.165) is 25.7 Å². The van der Waals surface area contributed by atoms with Crippen molar-refractivity contribution in [3.63, 3.8) is 0 Å². The van der Waals surface area contributed by atoms with Crippen molar-refractivity contribution >= 4 is 24.3 Å². The van der Waals surface area contributed by atoms with E-state index in [9.17, 15) is 24.4 Å². The van der Waals surface area contributed by atoms with Gasteiger partial charge in [-0.3, -0.25) is 24.9 Å². The summed E-state index contributed by atoms with van der Waals surface area (Å²) in [6, 6.07) is -1.28. The van der Waals surface area contributed by atoms with Gasteiger partial charge < -0.3 is 10.2 Å². The SMILES string of the molecule is CCNC(=O)NC(=O)[C@@H]1CCCN1C(=O)[C@H](CC1CCCC1)CN(O)C=O. The van der Waals surface area contributed by atoms with Crippen molar-refractivity contribution in [1.29, 1.82) is 0 Å². The van der Waals surface area contributed by atoms with Crippen LogP contribution >= 0.6 is 0 Å². The van der Waals surface area contributed by atoms with Gasteiger partial charge in [-0.2, -0.15) is 0 Å². The fourth-order valence-corrected chi connectivity index (χ4v) is 4.11. The van der Waals surface area contributed by atoms with Crippen LogP contribution in [0.15, 0.2) is 0 Å². The van der Waals surface area contributed by atoms with Crippen LogP contribution in [0.4, 0.5) is 4.79 Å². The molecular formula is C18H30N4O5. The first-order valence-corrected chi connectivity index (χ1v) is 9.76. The van der Waals surface area contributed by atoms with Gasteiger partial charge in [-0.25, -0.2) is 9.86 Å². The van der Waals surface area contributed by atoms with Crippen molar-refractivity contribution in [2.24, 2.45) is 11.8 Å². The molecule has 27 heavy (non-hydrogen) atoms. The molecule has 152 valence electrons. The second kappa shape index (κ2) is 10.2. The van der Waals surface area contributed by atoms with E-state index in [4.69, 9.17) is 0 Å². The van der Waals surface area contributed by atoms with Crippen molar-refractivity contribution in [2.45, 2.75) is 57.9 Å². The number of carbonyl (C=O) groups is 4. The first-order valence-electron chi connectivity index (χ1n) is 9.76. The van der Waals surface area contributed by atoms with Gasteiger partial charge in [0.25, 0.3) is 5.91 Å². The van der Waals surface area contributed by atoms with Crippen molar-refractivity contribution < 1.29 is 24.4 Å². The van der Waals surface area contributed by atoms with Gasteiger partial charge in [0.15, 0.2) is 0 Å². The monoisotopic (exact) mass is 382 g/mol. The van der Waals surface area contributed by atoms with Crippen molar-refractivity contribution in [1.82, 2.24) is 20.6 Å². The number of carbonyl (C=O) groups excluding carboxylic acids is 4. The molecule has 2 fully saturated rings. The Morgan fingerprint density at radius 3 is 2.56 bits per heavy atom. The smallest absolute Gasteiger partial charge is 0.321 e. The van der Waals surface area contributed by atoms with Crippen molar-refractivity contribution in [2.75, 3.05) is 19.6 Å². The lowest BCUT2D eigenvalue weighted by molar-refractivity contribution is -0.158. The molecule has 2 aliphatic rings. The highest BCUT2D eigenvalue weighted by molar-refractivity contribution is 5.99. The van der Waals surface area contributed by atoms with Gasteiger partial charge >= 0.3 is 6.03 Å². The topological polar surface area (TPSA) is 119 Å². The summed E-state index contributed by atoms with van der Waals surface area (Å²) in [5.74, 6) is -0.899. The van der Waals surface area contributed by atoms with Crippen LogP contribution < -0.4 is 10.6 Å². The maximum Gasteiger partial charge on any atom is 0.321 e. The number of nitrogens with zero attached hydrogens (tertiary/aromatic N) is 2. The molecule has 0 aromatic rings. The Balaban J connectivity index is 2.05. The molecule has 9 nitrogen and oxygen atoms in total. The molecule has 0 bridgehead atoms. The largest absolute Gasteiger partial charge is 0.338 e. The van der Waals surface area contributed by atoms with Crippen LogP contribution in [0.5, 0.6) is 0 Å². The number of rotatable bonds is 8. The molecule has 0 aromatic carbocycles. The summed E-state index contributed by atoms with van der Waals surface area (Å²) >= 11 is 0. The molecule has 1 heterocycles. The lowest BCUT2D eigenvalue weighted by Crippen LogP contribution is -2.52. The zero-order chi connectivity index (χ0) is 19.8. The van der Waals surface area contributed by atoms with Gasteiger partial charge in [-0.15, -0.1) is 0 Å². The van der Waals surface area contributed by atoms with Gasteiger partial charge in [0.2, 0.25) is 12.3 Å². The van der Waals surface area contributed by atoms with Crippen molar-refractivity contribution in [3.8, 4) is 0 Å². The maximum atomic E-state index is 13.1. The summed E-state index contributed by atoms with van der Waals surface area (Å²) in [4.78, 5) is 49.4. The molecule has 1 aliphatic carbocycles. The zero-order valence-corrected chi connectivity index (χ0v) is 15.9. The Morgan fingerprint density at radius 1 is 1.22 bits per heavy atom. The number of nitrogens with one attached hydrogen (secondary N) is 2. The van der Waals surface area contributed by atoms with Crippen LogP contribution in [0.25, 0.3) is 0 Å². The van der Waals surface area contributed by atoms with E-state index in [1.165, 1.54) is 4.90 Å². The molecule has 5 amide bonds. The van der Waals surface area contributed by atoms with E-state index >= 15 is 0 Å². The minimum absolute atomic E-state index is 0.0833. The number of urea groups is 1. The summed E-state index contributed by atoms with van der Waals surface area (Å²) in [6.45, 7) is 2.49. The Kier molecular flexibility index (Phi) is 8.02. The summed E-state index contributed by atoms with van der Waals surface area (Å²) in [7, 11) is 0. The van der Waals surface area contributed by atoms with Crippen LogP contribution in [-0.4, -0.2) is 65.1 Å². The van der Waals surface area contributed by atoms with Gasteiger partial charge in [0.1, 0.15) is 6.04 Å². The predicted molar refractivity (Wildman–Crippen MR) is 96.6 cm³/mol. The standard InChI is InChI=1S/C18H30N4O5/c1-2-19-18(26)20-16(24)15-8-5-9-22(15)17(25)14(11-21(27)12-23)10-13-6-3-4-7-13/h12-15,27H,2-11H2,1H3,(H2,19,20,24,26)/t14-,15+/m1/s1. The van der Waals surface area contributed by atoms with Gasteiger partial charge in [-0.1, -0.05) is 25.7 Å². The molecular weight excluding hydrogens is 352 g/mol. The molecule has 0 spiro atoms. The number of likely N-dealkylation sites (tertiary alicyclic amines) is 1. The average Bonchev–Trinajstić information content (AvgIpc) is 3.32. The number of hydrogen-bond donors (Lipinski definition) is 3. The molecule has 1 aliphatic heterocycles. The average molecular weight is 382 g/mol. The number of hydroxylamine groups is 2. The van der Waals surface area contributed by atoms with Crippen LogP contribution in [0.1, 0.15) is 51.9 Å². The summed E-state index contributed by atoms with van der Waals surface area (Å²) in [5, 5.41) is 14.9. The summed E-state index contributed by atoms with van der Waals surface area (Å²) < 4.78 is 0. The molecule has 0 unspecified atom stereocenters. The van der Waals surface area contributed by atoms with Gasteiger partial charge in [0, 0.05) is 13.1 Å². The third kappa shape index (κ3) is 5.92. The van der Waals surface area contributed by atoms with Crippen LogP contribution in [0, 0.1) is 11.8 Å². The molecule has 0 radical (unpaired) electrons. The van der Waals surface area contributed by atoms with Crippen LogP contribution in [0.2, 0.25) is 0 Å². The van der Waals surface area contributed by atoms with Gasteiger partial charge in [0.05, 0.1) is 12.5 Å². The molecule has 3 N–H and O–H groups in total. The Morgan fingerprint density at radius 2 is 1.93 bits per heavy atom. The molecule has 0 aromatic heterocycles. The highest BCUT2D eigenvalue weighted by atomic mass is 16.5. The Labute approximate surface area is 159 Å². The second-order valence-electron chi connectivity index (χ2n) is 7.35. The zero-order valence-electron chi connectivity index (χ0n) is 15.9. The lowest BCUT2D eigenvalue weighted by Gasteiger charge is -2.30. The van der Waals surface area contributed by atoms with E-state index in [1.54, 1.807) is 6.92 Å². The number of amides is 5. The highest BCUT2D eigenvalue weighted by Crippen LogP contribution is 2.32. The predicted octanol–water partition coefficient (Wildman–Crippen LogP) is 0.867. The lowest BCUT2D eigenvalue weighted by atomic mass is 9.91. The van der Waals surface area contributed by atoms with E-state index in [2.05, 4.69) is 10.6 Å². The van der Waals surface area contributed by atoms with Crippen LogP contribution in [0.3, 0.4) is 0 Å². The second-order valence-corrected chi connectivity index (χ2v) is 7.35. The molecule has 2 rings (SSSR count). The first-order chi connectivity index (χ1) is 13.0. The van der Waals surface area contributed by atoms with Crippen molar-refractivity contribution in [3.05, 3.63) is 0 Å². The highest BCUT2D eigenvalue weighted by Gasteiger charge is 2.39. The molecule has 1 saturated carbocycles. The summed E-state index contributed by atoms with van der Waals surface area (Å²) in [6.07, 6.45) is 6.38. The minimum atomic E-state index is -0.699. The van der Waals surface area contributed by atoms with E-state index in [0.29, 0.717) is 43.3 Å². The Hall–Kier alpha value is -2.16. The minimum Gasteiger partial charge on any atom is -0.338 e. The van der Waals surface area contributed by atoms with E-state index < -0.39 is 23.9 Å². The Bertz CT molecular complexity index is 550. The normalized spacial score (nSPS) is 21.0. The van der Waals surface area contributed by atoms with Crippen LogP contribution in [-0.2, 0) is 14.4 Å². The fraction of sp³-hybridized carbons (Fsp3) is 0.778. The van der Waals surface area contributed by atoms with Gasteiger partial charge in [-0.05, 0) is 32.1 Å².